The number of benzene rings is 1. The summed E-state index contributed by atoms with van der Waals surface area (Å²) >= 11 is 1.72. The van der Waals surface area contributed by atoms with Crippen molar-refractivity contribution in [1.29, 1.82) is 0 Å². The second-order valence-electron chi connectivity index (χ2n) is 5.46. The Kier molecular flexibility index (Phi) is 3.88. The van der Waals surface area contributed by atoms with Crippen LogP contribution >= 0.6 is 11.3 Å². The summed E-state index contributed by atoms with van der Waals surface area (Å²) in [5.74, 6) is 1.16. The zero-order valence-corrected chi connectivity index (χ0v) is 13.3. The second kappa shape index (κ2) is 5.82. The van der Waals surface area contributed by atoms with Crippen LogP contribution in [0.1, 0.15) is 19.5 Å². The van der Waals surface area contributed by atoms with E-state index in [1.807, 2.05) is 12.3 Å². The van der Waals surface area contributed by atoms with E-state index in [-0.39, 0.29) is 0 Å². The van der Waals surface area contributed by atoms with Gasteiger partial charge in [-0.2, -0.15) is 0 Å². The molecule has 0 N–H and O–H groups in total. The maximum atomic E-state index is 5.47. The first kappa shape index (κ1) is 14.0. The molecule has 0 atom stereocenters. The average molecular weight is 298 g/mol. The lowest BCUT2D eigenvalue weighted by Crippen LogP contribution is -2.02. The summed E-state index contributed by atoms with van der Waals surface area (Å²) in [5.41, 5.74) is 2.89. The molecule has 108 valence electrons. The molecule has 0 aliphatic rings. The van der Waals surface area contributed by atoms with Crippen LogP contribution in [0.15, 0.2) is 35.8 Å². The molecule has 1 aromatic carbocycles. The third kappa shape index (κ3) is 2.76. The van der Waals surface area contributed by atoms with Gasteiger partial charge in [0, 0.05) is 27.2 Å². The SMILES string of the molecule is COc1nc(CC(C)C)cnc1-c1csc2ccccc12. The van der Waals surface area contributed by atoms with Gasteiger partial charge in [0.1, 0.15) is 5.69 Å². The summed E-state index contributed by atoms with van der Waals surface area (Å²) in [6, 6.07) is 8.34. The van der Waals surface area contributed by atoms with Crippen LogP contribution < -0.4 is 4.74 Å². The van der Waals surface area contributed by atoms with Gasteiger partial charge in [-0.05, 0) is 18.4 Å². The number of nitrogens with zero attached hydrogens (tertiary/aromatic N) is 2. The number of aromatic nitrogens is 2. The van der Waals surface area contributed by atoms with Crippen LogP contribution in [0.3, 0.4) is 0 Å². The van der Waals surface area contributed by atoms with Gasteiger partial charge in [-0.25, -0.2) is 9.97 Å². The van der Waals surface area contributed by atoms with E-state index >= 15 is 0 Å². The average Bonchev–Trinajstić information content (AvgIpc) is 2.90. The van der Waals surface area contributed by atoms with Crippen molar-refractivity contribution in [3.05, 3.63) is 41.5 Å². The molecule has 0 unspecified atom stereocenters. The van der Waals surface area contributed by atoms with E-state index in [0.29, 0.717) is 11.8 Å². The molecule has 0 radical (unpaired) electrons. The minimum absolute atomic E-state index is 0.553. The first-order valence-corrected chi connectivity index (χ1v) is 7.93. The largest absolute Gasteiger partial charge is 0.479 e. The van der Waals surface area contributed by atoms with Crippen LogP contribution in [0.4, 0.5) is 0 Å². The molecule has 3 rings (SSSR count). The number of methoxy groups -OCH3 is 1. The van der Waals surface area contributed by atoms with Gasteiger partial charge < -0.3 is 4.74 Å². The number of thiophene rings is 1. The molecule has 0 saturated carbocycles. The predicted molar refractivity (Wildman–Crippen MR) is 87.9 cm³/mol. The zero-order chi connectivity index (χ0) is 14.8. The monoisotopic (exact) mass is 298 g/mol. The Morgan fingerprint density at radius 3 is 2.81 bits per heavy atom. The molecule has 0 fully saturated rings. The zero-order valence-electron chi connectivity index (χ0n) is 12.5. The lowest BCUT2D eigenvalue weighted by atomic mass is 10.1. The molecule has 0 saturated heterocycles. The Hall–Kier alpha value is -1.94. The summed E-state index contributed by atoms with van der Waals surface area (Å²) < 4.78 is 6.72. The van der Waals surface area contributed by atoms with Crippen LogP contribution in [-0.2, 0) is 6.42 Å². The van der Waals surface area contributed by atoms with Crippen molar-refractivity contribution in [2.75, 3.05) is 7.11 Å². The fourth-order valence-electron chi connectivity index (χ4n) is 2.41. The molecular formula is C17H18N2OS. The number of hydrogen-bond acceptors (Lipinski definition) is 4. The molecular weight excluding hydrogens is 280 g/mol. The molecule has 3 nitrogen and oxygen atoms in total. The highest BCUT2D eigenvalue weighted by Crippen LogP contribution is 2.36. The van der Waals surface area contributed by atoms with Gasteiger partial charge in [0.2, 0.25) is 5.88 Å². The van der Waals surface area contributed by atoms with Crippen LogP contribution in [-0.4, -0.2) is 17.1 Å². The summed E-state index contributed by atoms with van der Waals surface area (Å²) in [6.07, 6.45) is 2.78. The van der Waals surface area contributed by atoms with E-state index in [1.165, 1.54) is 10.1 Å². The highest BCUT2D eigenvalue weighted by atomic mass is 32.1. The molecule has 0 spiro atoms. The van der Waals surface area contributed by atoms with E-state index in [1.54, 1.807) is 18.4 Å². The third-order valence-electron chi connectivity index (χ3n) is 3.34. The van der Waals surface area contributed by atoms with Gasteiger partial charge in [-0.15, -0.1) is 11.3 Å². The number of fused-ring (bicyclic) bond motifs is 1. The quantitative estimate of drug-likeness (QED) is 0.708. The standard InChI is InChI=1S/C17H18N2OS/c1-11(2)8-12-9-18-16(17(19-12)20-3)14-10-21-15-7-5-4-6-13(14)15/h4-7,9-11H,8H2,1-3H3. The smallest absolute Gasteiger partial charge is 0.240 e. The lowest BCUT2D eigenvalue weighted by Gasteiger charge is -2.09. The van der Waals surface area contributed by atoms with Gasteiger partial charge in [0.25, 0.3) is 0 Å². The van der Waals surface area contributed by atoms with Gasteiger partial charge >= 0.3 is 0 Å². The first-order valence-electron chi connectivity index (χ1n) is 7.05. The Morgan fingerprint density at radius 1 is 1.24 bits per heavy atom. The van der Waals surface area contributed by atoms with Crippen LogP contribution in [0.5, 0.6) is 5.88 Å². The fraction of sp³-hybridized carbons (Fsp3) is 0.294. The van der Waals surface area contributed by atoms with E-state index < -0.39 is 0 Å². The summed E-state index contributed by atoms with van der Waals surface area (Å²) in [6.45, 7) is 4.35. The Labute approximate surface area is 128 Å². The van der Waals surface area contributed by atoms with E-state index in [9.17, 15) is 0 Å². The van der Waals surface area contributed by atoms with Crippen molar-refractivity contribution in [2.45, 2.75) is 20.3 Å². The fourth-order valence-corrected chi connectivity index (χ4v) is 3.36. The van der Waals surface area contributed by atoms with Crippen molar-refractivity contribution in [1.82, 2.24) is 9.97 Å². The van der Waals surface area contributed by atoms with Crippen LogP contribution in [0.2, 0.25) is 0 Å². The lowest BCUT2D eigenvalue weighted by molar-refractivity contribution is 0.395. The molecule has 0 bridgehead atoms. The summed E-state index contributed by atoms with van der Waals surface area (Å²) in [7, 11) is 1.65. The highest BCUT2D eigenvalue weighted by Gasteiger charge is 2.15. The van der Waals surface area contributed by atoms with E-state index in [2.05, 4.69) is 47.4 Å². The van der Waals surface area contributed by atoms with Crippen molar-refractivity contribution in [2.24, 2.45) is 5.92 Å². The Bertz CT molecular complexity index is 764. The predicted octanol–water partition coefficient (Wildman–Crippen LogP) is 4.57. The van der Waals surface area contributed by atoms with Crippen LogP contribution in [0.25, 0.3) is 21.3 Å². The van der Waals surface area contributed by atoms with Crippen molar-refractivity contribution in [3.63, 3.8) is 0 Å². The topological polar surface area (TPSA) is 35.0 Å². The van der Waals surface area contributed by atoms with Crippen molar-refractivity contribution >= 4 is 21.4 Å². The third-order valence-corrected chi connectivity index (χ3v) is 4.30. The first-order chi connectivity index (χ1) is 10.2. The number of ether oxygens (including phenoxy) is 1. The molecule has 0 amide bonds. The van der Waals surface area contributed by atoms with E-state index in [0.717, 1.165) is 23.4 Å². The summed E-state index contributed by atoms with van der Waals surface area (Å²) in [4.78, 5) is 9.23. The van der Waals surface area contributed by atoms with Crippen molar-refractivity contribution < 1.29 is 4.74 Å². The van der Waals surface area contributed by atoms with Gasteiger partial charge in [-0.3, -0.25) is 0 Å². The van der Waals surface area contributed by atoms with Gasteiger partial charge in [0.05, 0.1) is 12.8 Å². The second-order valence-corrected chi connectivity index (χ2v) is 6.37. The van der Waals surface area contributed by atoms with Crippen LogP contribution in [0, 0.1) is 5.92 Å². The summed E-state index contributed by atoms with van der Waals surface area (Å²) in [5, 5.41) is 3.32. The molecule has 0 aliphatic carbocycles. The maximum Gasteiger partial charge on any atom is 0.240 e. The molecule has 4 heteroatoms. The Morgan fingerprint density at radius 2 is 2.05 bits per heavy atom. The highest BCUT2D eigenvalue weighted by molar-refractivity contribution is 7.17. The normalized spacial score (nSPS) is 11.2. The van der Waals surface area contributed by atoms with Gasteiger partial charge in [0.15, 0.2) is 0 Å². The number of rotatable bonds is 4. The molecule has 21 heavy (non-hydrogen) atoms. The molecule has 2 aromatic heterocycles. The maximum absolute atomic E-state index is 5.47. The minimum Gasteiger partial charge on any atom is -0.479 e. The molecule has 0 aliphatic heterocycles. The number of hydrogen-bond donors (Lipinski definition) is 0. The van der Waals surface area contributed by atoms with E-state index in [4.69, 9.17) is 4.74 Å². The molecule has 3 aromatic rings. The molecule has 2 heterocycles. The minimum atomic E-state index is 0.553. The Balaban J connectivity index is 2.09. The van der Waals surface area contributed by atoms with Crippen molar-refractivity contribution in [3.8, 4) is 17.1 Å². The van der Waals surface area contributed by atoms with Gasteiger partial charge in [-0.1, -0.05) is 32.0 Å².